The Kier molecular flexibility index (Phi) is 6.39. The maximum absolute atomic E-state index is 11.5. The second kappa shape index (κ2) is 8.04. The minimum atomic E-state index is -0.544. The Balaban J connectivity index is 2.38. The van der Waals surface area contributed by atoms with Crippen LogP contribution in [-0.4, -0.2) is 18.2 Å². The van der Waals surface area contributed by atoms with E-state index in [9.17, 15) is 4.79 Å². The molecule has 0 saturated heterocycles. The average molecular weight is 290 g/mol. The largest absolute Gasteiger partial charge is 0.444 e. The molecule has 0 radical (unpaired) electrons. The number of ether oxygens (including phenoxy) is 1. The van der Waals surface area contributed by atoms with Crippen LogP contribution in [-0.2, 0) is 11.3 Å². The number of benzene rings is 1. The van der Waals surface area contributed by atoms with Gasteiger partial charge in [0.05, 0.1) is 12.2 Å². The van der Waals surface area contributed by atoms with Crippen molar-refractivity contribution in [2.45, 2.75) is 32.9 Å². The highest BCUT2D eigenvalue weighted by atomic mass is 16.6. The number of amides is 1. The van der Waals surface area contributed by atoms with Crippen molar-refractivity contribution in [2.75, 3.05) is 6.54 Å². The van der Waals surface area contributed by atoms with E-state index in [2.05, 4.69) is 15.7 Å². The standard InChI is InChI=1S/C15H22N4O2/c1-15(2,3)21-14(20)18-11-13(19-16)10-17-9-12-7-5-4-6-8-12/h4-8,10,16-17H,9,11H2,1-3H3,(H,18,20)/b13-10-,19-16?. The van der Waals surface area contributed by atoms with Gasteiger partial charge in [0, 0.05) is 12.7 Å². The Morgan fingerprint density at radius 2 is 2.00 bits per heavy atom. The zero-order chi connectivity index (χ0) is 15.7. The van der Waals surface area contributed by atoms with Gasteiger partial charge in [-0.05, 0) is 26.3 Å². The summed E-state index contributed by atoms with van der Waals surface area (Å²) in [6, 6.07) is 9.87. The van der Waals surface area contributed by atoms with E-state index in [1.165, 1.54) is 0 Å². The minimum Gasteiger partial charge on any atom is -0.444 e. The summed E-state index contributed by atoms with van der Waals surface area (Å²) in [5, 5.41) is 8.98. The van der Waals surface area contributed by atoms with Crippen molar-refractivity contribution >= 4 is 6.09 Å². The van der Waals surface area contributed by atoms with Crippen molar-refractivity contribution in [1.29, 1.82) is 5.53 Å². The van der Waals surface area contributed by atoms with E-state index >= 15 is 0 Å². The van der Waals surface area contributed by atoms with Crippen molar-refractivity contribution in [3.8, 4) is 0 Å². The molecule has 0 saturated carbocycles. The van der Waals surface area contributed by atoms with Gasteiger partial charge in [0.15, 0.2) is 0 Å². The second-order valence-corrected chi connectivity index (χ2v) is 5.47. The van der Waals surface area contributed by atoms with Gasteiger partial charge in [-0.15, -0.1) is 0 Å². The van der Waals surface area contributed by atoms with Gasteiger partial charge in [0.25, 0.3) is 0 Å². The van der Waals surface area contributed by atoms with Crippen LogP contribution in [0.2, 0.25) is 0 Å². The Morgan fingerprint density at radius 1 is 1.33 bits per heavy atom. The van der Waals surface area contributed by atoms with Crippen LogP contribution < -0.4 is 10.6 Å². The molecule has 1 rings (SSSR count). The molecule has 21 heavy (non-hydrogen) atoms. The van der Waals surface area contributed by atoms with E-state index in [0.29, 0.717) is 12.2 Å². The van der Waals surface area contributed by atoms with E-state index < -0.39 is 11.7 Å². The molecule has 6 heteroatoms. The van der Waals surface area contributed by atoms with Crippen LogP contribution in [0.25, 0.3) is 0 Å². The van der Waals surface area contributed by atoms with Crippen LogP contribution in [0.5, 0.6) is 0 Å². The van der Waals surface area contributed by atoms with Crippen LogP contribution >= 0.6 is 0 Å². The average Bonchev–Trinajstić information content (AvgIpc) is 2.42. The van der Waals surface area contributed by atoms with Crippen LogP contribution in [0.1, 0.15) is 26.3 Å². The highest BCUT2D eigenvalue weighted by molar-refractivity contribution is 5.67. The Bertz CT molecular complexity index is 492. The SMILES string of the molecule is CC(C)(C)OC(=O)NC/C(=C/NCc1ccccc1)N=N. The maximum Gasteiger partial charge on any atom is 0.407 e. The molecule has 0 fully saturated rings. The van der Waals surface area contributed by atoms with Gasteiger partial charge in [-0.1, -0.05) is 30.3 Å². The number of hydrogen-bond acceptors (Lipinski definition) is 5. The molecule has 0 atom stereocenters. The first-order valence-electron chi connectivity index (χ1n) is 6.71. The molecule has 1 amide bonds. The van der Waals surface area contributed by atoms with Gasteiger partial charge in [0.1, 0.15) is 5.60 Å². The predicted octanol–water partition coefficient (Wildman–Crippen LogP) is 3.17. The lowest BCUT2D eigenvalue weighted by Crippen LogP contribution is -2.33. The fourth-order valence-electron chi connectivity index (χ4n) is 1.48. The van der Waals surface area contributed by atoms with E-state index in [1.807, 2.05) is 30.3 Å². The molecule has 1 aromatic carbocycles. The maximum atomic E-state index is 11.5. The fraction of sp³-hybridized carbons (Fsp3) is 0.400. The number of carbonyl (C=O) groups excluding carboxylic acids is 1. The molecule has 0 unspecified atom stereocenters. The third-order valence-corrected chi connectivity index (χ3v) is 2.37. The first-order chi connectivity index (χ1) is 9.90. The topological polar surface area (TPSA) is 86.6 Å². The number of nitrogens with zero attached hydrogens (tertiary/aromatic N) is 1. The van der Waals surface area contributed by atoms with E-state index in [4.69, 9.17) is 10.3 Å². The summed E-state index contributed by atoms with van der Waals surface area (Å²) in [5.74, 6) is 0. The molecule has 0 bridgehead atoms. The number of hydrogen-bond donors (Lipinski definition) is 3. The van der Waals surface area contributed by atoms with Crippen LogP contribution in [0.4, 0.5) is 4.79 Å². The Labute approximate surface area is 125 Å². The van der Waals surface area contributed by atoms with Crippen molar-refractivity contribution < 1.29 is 9.53 Å². The normalized spacial score (nSPS) is 11.7. The third-order valence-electron chi connectivity index (χ3n) is 2.37. The van der Waals surface area contributed by atoms with Crippen molar-refractivity contribution in [3.05, 3.63) is 47.8 Å². The smallest absolute Gasteiger partial charge is 0.407 e. The first-order valence-corrected chi connectivity index (χ1v) is 6.71. The monoisotopic (exact) mass is 290 g/mol. The molecular weight excluding hydrogens is 268 g/mol. The summed E-state index contributed by atoms with van der Waals surface area (Å²) in [6.45, 7) is 6.14. The summed E-state index contributed by atoms with van der Waals surface area (Å²) >= 11 is 0. The second-order valence-electron chi connectivity index (χ2n) is 5.47. The summed E-state index contributed by atoms with van der Waals surface area (Å²) in [4.78, 5) is 11.5. The Hall–Kier alpha value is -2.37. The summed E-state index contributed by atoms with van der Waals surface area (Å²) in [5.41, 5.74) is 8.08. The van der Waals surface area contributed by atoms with Gasteiger partial charge >= 0.3 is 6.09 Å². The molecule has 0 heterocycles. The minimum absolute atomic E-state index is 0.139. The summed E-state index contributed by atoms with van der Waals surface area (Å²) in [6.07, 6.45) is 1.08. The molecule has 114 valence electrons. The molecule has 0 aromatic heterocycles. The third kappa shape index (κ3) is 7.71. The van der Waals surface area contributed by atoms with Crippen LogP contribution in [0.3, 0.4) is 0 Å². The number of carbonyl (C=O) groups is 1. The molecule has 0 aliphatic heterocycles. The van der Waals surface area contributed by atoms with Crippen molar-refractivity contribution in [1.82, 2.24) is 10.6 Å². The highest BCUT2D eigenvalue weighted by Gasteiger charge is 2.15. The molecule has 3 N–H and O–H groups in total. The van der Waals surface area contributed by atoms with E-state index in [0.717, 1.165) is 5.56 Å². The van der Waals surface area contributed by atoms with Crippen LogP contribution in [0.15, 0.2) is 47.3 Å². The van der Waals surface area contributed by atoms with Gasteiger partial charge in [0.2, 0.25) is 0 Å². The molecular formula is C15H22N4O2. The lowest BCUT2D eigenvalue weighted by molar-refractivity contribution is 0.0532. The van der Waals surface area contributed by atoms with Gasteiger partial charge < -0.3 is 15.4 Å². The molecule has 6 nitrogen and oxygen atoms in total. The molecule has 0 aliphatic carbocycles. The fourth-order valence-corrected chi connectivity index (χ4v) is 1.48. The highest BCUT2D eigenvalue weighted by Crippen LogP contribution is 2.06. The lowest BCUT2D eigenvalue weighted by Gasteiger charge is -2.19. The zero-order valence-corrected chi connectivity index (χ0v) is 12.6. The number of rotatable bonds is 6. The predicted molar refractivity (Wildman–Crippen MR) is 80.7 cm³/mol. The van der Waals surface area contributed by atoms with E-state index in [-0.39, 0.29) is 6.54 Å². The van der Waals surface area contributed by atoms with Crippen molar-refractivity contribution in [3.63, 3.8) is 0 Å². The van der Waals surface area contributed by atoms with Crippen LogP contribution in [0, 0.1) is 5.53 Å². The summed E-state index contributed by atoms with van der Waals surface area (Å²) < 4.78 is 5.11. The van der Waals surface area contributed by atoms with Gasteiger partial charge in [-0.2, -0.15) is 5.11 Å². The number of alkyl carbamates (subject to hydrolysis) is 1. The first kappa shape index (κ1) is 16.7. The summed E-state index contributed by atoms with van der Waals surface area (Å²) in [7, 11) is 0. The quantitative estimate of drug-likeness (QED) is 0.703. The van der Waals surface area contributed by atoms with E-state index in [1.54, 1.807) is 27.0 Å². The molecule has 0 spiro atoms. The van der Waals surface area contributed by atoms with Crippen molar-refractivity contribution in [2.24, 2.45) is 5.11 Å². The number of nitrogens with one attached hydrogen (secondary N) is 3. The Morgan fingerprint density at radius 3 is 2.57 bits per heavy atom. The van der Waals surface area contributed by atoms with Gasteiger partial charge in [-0.25, -0.2) is 10.3 Å². The molecule has 1 aromatic rings. The lowest BCUT2D eigenvalue weighted by atomic mass is 10.2. The zero-order valence-electron chi connectivity index (χ0n) is 12.6. The molecule has 0 aliphatic rings. The van der Waals surface area contributed by atoms with Gasteiger partial charge in [-0.3, -0.25) is 0 Å².